The fourth-order valence-electron chi connectivity index (χ4n) is 2.16. The molecule has 2 aromatic rings. The molecule has 0 radical (unpaired) electrons. The predicted octanol–water partition coefficient (Wildman–Crippen LogP) is 2.27. The Bertz CT molecular complexity index is 1310. The van der Waals surface area contributed by atoms with Crippen molar-refractivity contribution < 1.29 is 30.6 Å². The standard InChI is InChI=1S/C17H17ClN4O7S3/c1-4-28-13-8-10(7-12(18)14(13)29-31(3,24)25)6-11(9-19)15(23)20-16-21-22-17(30-16)32(26,27)5-2/h6-8H,4-5H2,1-3H3,(H,20,21,23). The largest absolute Gasteiger partial charge is 0.490 e. The highest BCUT2D eigenvalue weighted by molar-refractivity contribution is 7.93. The summed E-state index contributed by atoms with van der Waals surface area (Å²) in [6.07, 6.45) is 2.02. The lowest BCUT2D eigenvalue weighted by atomic mass is 10.1. The van der Waals surface area contributed by atoms with Gasteiger partial charge < -0.3 is 8.92 Å². The van der Waals surface area contributed by atoms with Crippen LogP contribution in [0.25, 0.3) is 6.08 Å². The molecule has 1 aromatic heterocycles. The second kappa shape index (κ2) is 10.3. The van der Waals surface area contributed by atoms with Crippen LogP contribution in [0.1, 0.15) is 19.4 Å². The molecule has 11 nitrogen and oxygen atoms in total. The Labute approximate surface area is 193 Å². The molecule has 0 saturated carbocycles. The third kappa shape index (κ3) is 6.63. The van der Waals surface area contributed by atoms with Gasteiger partial charge in [0.2, 0.25) is 25.1 Å². The van der Waals surface area contributed by atoms with Crippen LogP contribution in [0.3, 0.4) is 0 Å². The average Bonchev–Trinajstić information content (AvgIpc) is 3.17. The summed E-state index contributed by atoms with van der Waals surface area (Å²) in [4.78, 5) is 12.4. The van der Waals surface area contributed by atoms with E-state index in [2.05, 4.69) is 15.5 Å². The molecule has 0 aliphatic carbocycles. The molecule has 2 rings (SSSR count). The van der Waals surface area contributed by atoms with Crippen LogP contribution in [0, 0.1) is 11.3 Å². The molecular weight excluding hydrogens is 504 g/mol. The molecule has 1 amide bonds. The summed E-state index contributed by atoms with van der Waals surface area (Å²) in [5.74, 6) is -1.28. The number of halogens is 1. The third-order valence-corrected chi connectivity index (χ3v) is 7.28. The molecule has 0 saturated heterocycles. The Hall–Kier alpha value is -2.73. The van der Waals surface area contributed by atoms with Gasteiger partial charge in [-0.25, -0.2) is 8.42 Å². The molecule has 0 atom stereocenters. The van der Waals surface area contributed by atoms with Crippen LogP contribution in [0.5, 0.6) is 11.5 Å². The molecule has 0 aliphatic rings. The van der Waals surface area contributed by atoms with E-state index in [1.165, 1.54) is 25.1 Å². The van der Waals surface area contributed by atoms with Crippen molar-refractivity contribution in [1.82, 2.24) is 10.2 Å². The SMILES string of the molecule is CCOc1cc(C=C(C#N)C(=O)Nc2nnc(S(=O)(=O)CC)s2)cc(Cl)c1OS(C)(=O)=O. The number of aromatic nitrogens is 2. The number of ether oxygens (including phenoxy) is 1. The number of nitrogens with one attached hydrogen (secondary N) is 1. The van der Waals surface area contributed by atoms with Gasteiger partial charge in [0.15, 0.2) is 5.75 Å². The number of rotatable bonds is 9. The number of carbonyl (C=O) groups is 1. The van der Waals surface area contributed by atoms with Gasteiger partial charge in [0.25, 0.3) is 5.91 Å². The molecule has 1 heterocycles. The number of benzene rings is 1. The topological polar surface area (TPSA) is 165 Å². The van der Waals surface area contributed by atoms with Gasteiger partial charge >= 0.3 is 10.1 Å². The van der Waals surface area contributed by atoms with Gasteiger partial charge in [0.05, 0.1) is 23.6 Å². The van der Waals surface area contributed by atoms with Gasteiger partial charge in [-0.1, -0.05) is 29.9 Å². The molecule has 0 bridgehead atoms. The van der Waals surface area contributed by atoms with Crippen LogP contribution in [0.15, 0.2) is 22.0 Å². The summed E-state index contributed by atoms with van der Waals surface area (Å²) >= 11 is 6.77. The van der Waals surface area contributed by atoms with E-state index in [-0.39, 0.29) is 49.5 Å². The summed E-state index contributed by atoms with van der Waals surface area (Å²) in [5.41, 5.74) is -0.118. The van der Waals surface area contributed by atoms with Crippen molar-refractivity contribution in [1.29, 1.82) is 5.26 Å². The highest BCUT2D eigenvalue weighted by atomic mass is 35.5. The van der Waals surface area contributed by atoms with Crippen molar-refractivity contribution in [2.45, 2.75) is 18.2 Å². The van der Waals surface area contributed by atoms with Crippen LogP contribution in [-0.2, 0) is 24.7 Å². The molecule has 15 heteroatoms. The summed E-state index contributed by atoms with van der Waals surface area (Å²) in [5, 5.41) is 18.6. The molecule has 0 spiro atoms. The van der Waals surface area contributed by atoms with Crippen LogP contribution in [-0.4, -0.2) is 51.6 Å². The first-order chi connectivity index (χ1) is 14.9. The lowest BCUT2D eigenvalue weighted by Crippen LogP contribution is -2.13. The van der Waals surface area contributed by atoms with Gasteiger partial charge in [-0.3, -0.25) is 10.1 Å². The van der Waals surface area contributed by atoms with E-state index in [0.717, 1.165) is 6.26 Å². The monoisotopic (exact) mass is 520 g/mol. The number of nitriles is 1. The number of sulfone groups is 1. The van der Waals surface area contributed by atoms with Gasteiger partial charge in [-0.05, 0) is 30.7 Å². The fraction of sp³-hybridized carbons (Fsp3) is 0.294. The van der Waals surface area contributed by atoms with Gasteiger partial charge in [0.1, 0.15) is 11.6 Å². The minimum atomic E-state index is -3.89. The number of nitrogens with zero attached hydrogens (tertiary/aromatic N) is 3. The van der Waals surface area contributed by atoms with E-state index in [1.807, 2.05) is 0 Å². The minimum absolute atomic E-state index is 0.00656. The lowest BCUT2D eigenvalue weighted by Gasteiger charge is -2.13. The van der Waals surface area contributed by atoms with Crippen molar-refractivity contribution in [2.75, 3.05) is 23.9 Å². The molecular formula is C17H17ClN4O7S3. The minimum Gasteiger partial charge on any atom is -0.490 e. The normalized spacial score (nSPS) is 12.2. The quantitative estimate of drug-likeness (QED) is 0.224. The van der Waals surface area contributed by atoms with Gasteiger partial charge in [-0.15, -0.1) is 10.2 Å². The molecule has 172 valence electrons. The summed E-state index contributed by atoms with van der Waals surface area (Å²) in [7, 11) is -7.48. The molecule has 1 N–H and O–H groups in total. The van der Waals surface area contributed by atoms with Crippen LogP contribution in [0.2, 0.25) is 5.02 Å². The van der Waals surface area contributed by atoms with Crippen LogP contribution in [0.4, 0.5) is 5.13 Å². The molecule has 0 unspecified atom stereocenters. The Balaban J connectivity index is 2.36. The van der Waals surface area contributed by atoms with Crippen molar-refractivity contribution in [3.05, 3.63) is 28.3 Å². The number of anilines is 1. The Morgan fingerprint density at radius 2 is 1.97 bits per heavy atom. The van der Waals surface area contributed by atoms with E-state index in [0.29, 0.717) is 11.3 Å². The second-order valence-corrected chi connectivity index (χ2v) is 11.4. The smallest absolute Gasteiger partial charge is 0.306 e. The first-order valence-corrected chi connectivity index (χ1v) is 13.4. The molecule has 0 fully saturated rings. The fourth-order valence-corrected chi connectivity index (χ4v) is 4.92. The summed E-state index contributed by atoms with van der Waals surface area (Å²) in [6, 6.07) is 4.35. The van der Waals surface area contributed by atoms with Crippen molar-refractivity contribution in [3.63, 3.8) is 0 Å². The highest BCUT2D eigenvalue weighted by Gasteiger charge is 2.21. The van der Waals surface area contributed by atoms with Crippen LogP contribution < -0.4 is 14.2 Å². The van der Waals surface area contributed by atoms with E-state index in [9.17, 15) is 26.9 Å². The zero-order valence-electron chi connectivity index (χ0n) is 16.9. The zero-order valence-corrected chi connectivity index (χ0v) is 20.2. The molecule has 1 aromatic carbocycles. The van der Waals surface area contributed by atoms with Gasteiger partial charge in [-0.2, -0.15) is 13.7 Å². The van der Waals surface area contributed by atoms with Crippen molar-refractivity contribution >= 4 is 60.0 Å². The second-order valence-electron chi connectivity index (χ2n) is 5.95. The number of hydrogen-bond acceptors (Lipinski definition) is 11. The summed E-state index contributed by atoms with van der Waals surface area (Å²) in [6.45, 7) is 3.26. The maximum Gasteiger partial charge on any atom is 0.306 e. The number of carbonyl (C=O) groups excluding carboxylic acids is 1. The van der Waals surface area contributed by atoms with E-state index in [1.54, 1.807) is 13.0 Å². The third-order valence-electron chi connectivity index (χ3n) is 3.52. The van der Waals surface area contributed by atoms with Crippen molar-refractivity contribution in [2.24, 2.45) is 0 Å². The predicted molar refractivity (Wildman–Crippen MR) is 118 cm³/mol. The molecule has 32 heavy (non-hydrogen) atoms. The Morgan fingerprint density at radius 3 is 2.53 bits per heavy atom. The lowest BCUT2D eigenvalue weighted by molar-refractivity contribution is -0.112. The van der Waals surface area contributed by atoms with Crippen molar-refractivity contribution in [3.8, 4) is 17.6 Å². The van der Waals surface area contributed by atoms with E-state index >= 15 is 0 Å². The first kappa shape index (κ1) is 25.5. The summed E-state index contributed by atoms with van der Waals surface area (Å²) < 4.78 is 56.5. The first-order valence-electron chi connectivity index (χ1n) is 8.75. The van der Waals surface area contributed by atoms with Gasteiger partial charge in [0, 0.05) is 0 Å². The average molecular weight is 521 g/mol. The zero-order chi connectivity index (χ0) is 24.1. The maximum absolute atomic E-state index is 12.4. The van der Waals surface area contributed by atoms with Crippen LogP contribution >= 0.6 is 22.9 Å². The Kier molecular flexibility index (Phi) is 8.18. The highest BCUT2D eigenvalue weighted by Crippen LogP contribution is 2.38. The van der Waals surface area contributed by atoms with E-state index in [4.69, 9.17) is 20.5 Å². The Morgan fingerprint density at radius 1 is 1.28 bits per heavy atom. The van der Waals surface area contributed by atoms with E-state index < -0.39 is 25.9 Å². The maximum atomic E-state index is 12.4. The molecule has 0 aliphatic heterocycles. The number of hydrogen-bond donors (Lipinski definition) is 1. The number of amides is 1.